The van der Waals surface area contributed by atoms with Gasteiger partial charge in [0.15, 0.2) is 5.78 Å². The molecular formula is C17H18N2O3. The van der Waals surface area contributed by atoms with Gasteiger partial charge in [-0.15, -0.1) is 0 Å². The Balaban J connectivity index is 2.39. The maximum atomic E-state index is 12.4. The van der Waals surface area contributed by atoms with Crippen molar-refractivity contribution in [2.24, 2.45) is 7.05 Å². The minimum absolute atomic E-state index is 0.0847. The maximum Gasteiger partial charge on any atom is 0.263 e. The van der Waals surface area contributed by atoms with E-state index in [-0.39, 0.29) is 16.9 Å². The predicted molar refractivity (Wildman–Crippen MR) is 85.6 cm³/mol. The van der Waals surface area contributed by atoms with E-state index in [4.69, 9.17) is 0 Å². The third-order valence-corrected chi connectivity index (χ3v) is 3.62. The third-order valence-electron chi connectivity index (χ3n) is 3.62. The highest BCUT2D eigenvalue weighted by Crippen LogP contribution is 2.13. The molecule has 1 amide bonds. The van der Waals surface area contributed by atoms with E-state index in [2.05, 4.69) is 5.32 Å². The summed E-state index contributed by atoms with van der Waals surface area (Å²) < 4.78 is 1.44. The number of aromatic nitrogens is 1. The molecule has 114 valence electrons. The molecule has 1 aromatic carbocycles. The van der Waals surface area contributed by atoms with E-state index < -0.39 is 5.91 Å². The van der Waals surface area contributed by atoms with Gasteiger partial charge in [-0.2, -0.15) is 0 Å². The largest absolute Gasteiger partial charge is 0.322 e. The second kappa shape index (κ2) is 5.97. The molecule has 22 heavy (non-hydrogen) atoms. The minimum Gasteiger partial charge on any atom is -0.322 e. The molecule has 5 nitrogen and oxygen atoms in total. The van der Waals surface area contributed by atoms with E-state index in [1.54, 1.807) is 44.3 Å². The van der Waals surface area contributed by atoms with E-state index in [1.807, 2.05) is 6.92 Å². The maximum absolute atomic E-state index is 12.4. The predicted octanol–water partition coefficient (Wildman–Crippen LogP) is 2.46. The van der Waals surface area contributed by atoms with Crippen LogP contribution < -0.4 is 10.9 Å². The highest BCUT2D eigenvalue weighted by atomic mass is 16.2. The third kappa shape index (κ3) is 2.98. The van der Waals surface area contributed by atoms with Gasteiger partial charge in [0, 0.05) is 24.0 Å². The van der Waals surface area contributed by atoms with Crippen LogP contribution in [0.2, 0.25) is 0 Å². The number of Topliss-reactive ketones (excluding diaryl/α,β-unsaturated/α-hetero) is 1. The lowest BCUT2D eigenvalue weighted by atomic mass is 10.1. The first-order valence-electron chi connectivity index (χ1n) is 6.91. The number of amides is 1. The summed E-state index contributed by atoms with van der Waals surface area (Å²) in [4.78, 5) is 36.0. The fraction of sp³-hybridized carbons (Fsp3) is 0.235. The molecule has 5 heteroatoms. The molecule has 0 aliphatic carbocycles. The number of hydrogen-bond acceptors (Lipinski definition) is 3. The molecular weight excluding hydrogens is 280 g/mol. The molecule has 0 aliphatic rings. The quantitative estimate of drug-likeness (QED) is 0.885. The summed E-state index contributed by atoms with van der Waals surface area (Å²) in [6.45, 7) is 5.00. The molecule has 0 saturated carbocycles. The van der Waals surface area contributed by atoms with E-state index >= 15 is 0 Å². The van der Waals surface area contributed by atoms with Crippen LogP contribution in [0, 0.1) is 13.8 Å². The molecule has 0 saturated heterocycles. The first-order valence-corrected chi connectivity index (χ1v) is 6.91. The Morgan fingerprint density at radius 2 is 1.82 bits per heavy atom. The topological polar surface area (TPSA) is 68.2 Å². The van der Waals surface area contributed by atoms with Crippen LogP contribution in [0.4, 0.5) is 5.69 Å². The van der Waals surface area contributed by atoms with Crippen LogP contribution in [0.15, 0.2) is 35.1 Å². The minimum atomic E-state index is -0.473. The number of anilines is 1. The summed E-state index contributed by atoms with van der Waals surface area (Å²) in [5, 5.41) is 2.68. The lowest BCUT2D eigenvalue weighted by Gasteiger charge is -2.11. The van der Waals surface area contributed by atoms with E-state index in [0.717, 1.165) is 5.69 Å². The van der Waals surface area contributed by atoms with Gasteiger partial charge in [-0.05, 0) is 44.5 Å². The zero-order valence-electron chi connectivity index (χ0n) is 13.1. The normalized spacial score (nSPS) is 10.4. The van der Waals surface area contributed by atoms with Gasteiger partial charge in [-0.3, -0.25) is 14.4 Å². The van der Waals surface area contributed by atoms with Crippen molar-refractivity contribution in [2.45, 2.75) is 20.8 Å². The Hall–Kier alpha value is -2.69. The molecule has 0 bridgehead atoms. The number of rotatable bonds is 3. The van der Waals surface area contributed by atoms with Gasteiger partial charge in [0.1, 0.15) is 5.56 Å². The number of ketones is 1. The van der Waals surface area contributed by atoms with Crippen molar-refractivity contribution in [3.05, 3.63) is 63.1 Å². The number of pyridine rings is 1. The van der Waals surface area contributed by atoms with Gasteiger partial charge < -0.3 is 9.88 Å². The summed E-state index contributed by atoms with van der Waals surface area (Å²) in [6, 6.07) is 8.43. The van der Waals surface area contributed by atoms with Crippen LogP contribution in [0.3, 0.4) is 0 Å². The first-order chi connectivity index (χ1) is 10.3. The summed E-state index contributed by atoms with van der Waals surface area (Å²) in [6.07, 6.45) is 0. The monoisotopic (exact) mass is 298 g/mol. The molecule has 0 fully saturated rings. The summed E-state index contributed by atoms with van der Waals surface area (Å²) in [5.41, 5.74) is 2.18. The van der Waals surface area contributed by atoms with Crippen LogP contribution in [0.25, 0.3) is 0 Å². The number of nitrogens with one attached hydrogen (secondary N) is 1. The van der Waals surface area contributed by atoms with Gasteiger partial charge >= 0.3 is 0 Å². The van der Waals surface area contributed by atoms with E-state index in [0.29, 0.717) is 16.8 Å². The molecule has 1 aromatic heterocycles. The van der Waals surface area contributed by atoms with Crippen molar-refractivity contribution in [1.29, 1.82) is 0 Å². The number of benzene rings is 1. The van der Waals surface area contributed by atoms with Gasteiger partial charge in [0.25, 0.3) is 11.5 Å². The van der Waals surface area contributed by atoms with Crippen LogP contribution >= 0.6 is 0 Å². The van der Waals surface area contributed by atoms with Crippen molar-refractivity contribution in [3.63, 3.8) is 0 Å². The molecule has 1 heterocycles. The molecule has 0 atom stereocenters. The van der Waals surface area contributed by atoms with Crippen molar-refractivity contribution in [3.8, 4) is 0 Å². The lowest BCUT2D eigenvalue weighted by molar-refractivity contribution is 0.101. The Morgan fingerprint density at radius 1 is 1.14 bits per heavy atom. The molecule has 1 N–H and O–H groups in total. The molecule has 2 rings (SSSR count). The van der Waals surface area contributed by atoms with Crippen molar-refractivity contribution >= 4 is 17.4 Å². The summed E-state index contributed by atoms with van der Waals surface area (Å²) >= 11 is 0. The van der Waals surface area contributed by atoms with Gasteiger partial charge in [-0.1, -0.05) is 12.1 Å². The average molecular weight is 298 g/mol. The van der Waals surface area contributed by atoms with Crippen LogP contribution in [0.5, 0.6) is 0 Å². The van der Waals surface area contributed by atoms with E-state index in [9.17, 15) is 14.4 Å². The zero-order chi connectivity index (χ0) is 16.4. The number of aryl methyl sites for hydroxylation is 2. The second-order valence-electron chi connectivity index (χ2n) is 5.30. The van der Waals surface area contributed by atoms with Gasteiger partial charge in [-0.25, -0.2) is 0 Å². The Kier molecular flexibility index (Phi) is 4.26. The Bertz CT molecular complexity index is 819. The fourth-order valence-corrected chi connectivity index (χ4v) is 2.26. The average Bonchev–Trinajstić information content (AvgIpc) is 2.45. The van der Waals surface area contributed by atoms with Crippen LogP contribution in [-0.2, 0) is 7.05 Å². The number of nitrogens with zero attached hydrogens (tertiary/aromatic N) is 1. The van der Waals surface area contributed by atoms with Crippen molar-refractivity contribution < 1.29 is 9.59 Å². The summed E-state index contributed by atoms with van der Waals surface area (Å²) in [5.74, 6) is -0.558. The molecule has 0 unspecified atom stereocenters. The Labute approximate surface area is 128 Å². The zero-order valence-corrected chi connectivity index (χ0v) is 13.1. The van der Waals surface area contributed by atoms with E-state index in [1.165, 1.54) is 11.5 Å². The summed E-state index contributed by atoms with van der Waals surface area (Å²) in [7, 11) is 1.63. The molecule has 2 aromatic rings. The highest BCUT2D eigenvalue weighted by Gasteiger charge is 2.16. The molecule has 0 radical (unpaired) electrons. The standard InChI is InChI=1S/C17H18N2O3/c1-10-8-11(2)19(4)17(22)15(10)16(21)18-14-7-5-6-13(9-14)12(3)20/h5-9H,1-4H3,(H,18,21). The smallest absolute Gasteiger partial charge is 0.263 e. The van der Waals surface area contributed by atoms with Crippen LogP contribution in [0.1, 0.15) is 38.9 Å². The fourth-order valence-electron chi connectivity index (χ4n) is 2.26. The van der Waals surface area contributed by atoms with Gasteiger partial charge in [0.2, 0.25) is 0 Å². The first kappa shape index (κ1) is 15.7. The number of carbonyl (C=O) groups excluding carboxylic acids is 2. The van der Waals surface area contributed by atoms with Crippen molar-refractivity contribution in [1.82, 2.24) is 4.57 Å². The molecule has 0 spiro atoms. The number of carbonyl (C=O) groups is 2. The highest BCUT2D eigenvalue weighted by molar-refractivity contribution is 6.05. The van der Waals surface area contributed by atoms with Crippen LogP contribution in [-0.4, -0.2) is 16.3 Å². The van der Waals surface area contributed by atoms with Gasteiger partial charge in [0.05, 0.1) is 0 Å². The number of hydrogen-bond donors (Lipinski definition) is 1. The lowest BCUT2D eigenvalue weighted by Crippen LogP contribution is -2.30. The van der Waals surface area contributed by atoms with Crippen molar-refractivity contribution in [2.75, 3.05) is 5.32 Å². The molecule has 0 aliphatic heterocycles. The second-order valence-corrected chi connectivity index (χ2v) is 5.30. The Morgan fingerprint density at radius 3 is 2.45 bits per heavy atom. The SMILES string of the molecule is CC(=O)c1cccc(NC(=O)c2c(C)cc(C)n(C)c2=O)c1.